The molecular weight excluding hydrogens is 388 g/mol. The molecule has 166 valence electrons. The minimum Gasteiger partial charge on any atom is -0.394 e. The number of amides is 1. The molecule has 2 fully saturated rings. The van der Waals surface area contributed by atoms with Crippen LogP contribution in [0.5, 0.6) is 0 Å². The third-order valence-electron chi connectivity index (χ3n) is 6.91. The lowest BCUT2D eigenvalue weighted by atomic mass is 9.73. The molecule has 2 aromatic heterocycles. The van der Waals surface area contributed by atoms with Crippen LogP contribution < -0.4 is 11.1 Å². The van der Waals surface area contributed by atoms with E-state index in [0.29, 0.717) is 29.0 Å². The zero-order valence-electron chi connectivity index (χ0n) is 18.7. The van der Waals surface area contributed by atoms with Crippen LogP contribution in [-0.4, -0.2) is 26.1 Å². The van der Waals surface area contributed by atoms with E-state index in [1.807, 2.05) is 13.8 Å². The van der Waals surface area contributed by atoms with Crippen molar-refractivity contribution in [3.8, 4) is 11.4 Å². The maximum atomic E-state index is 13.1. The van der Waals surface area contributed by atoms with Crippen LogP contribution in [-0.2, 0) is 4.79 Å². The van der Waals surface area contributed by atoms with Crippen LogP contribution in [0.2, 0.25) is 0 Å². The fraction of sp³-hybridized carbons (Fsp3) is 0.583. The average Bonchev–Trinajstić information content (AvgIpc) is 3.14. The van der Waals surface area contributed by atoms with Crippen LogP contribution in [0.25, 0.3) is 11.4 Å². The van der Waals surface area contributed by atoms with Crippen LogP contribution in [0.1, 0.15) is 75.6 Å². The van der Waals surface area contributed by atoms with Crippen LogP contribution in [0.4, 0.5) is 5.69 Å². The number of carbonyl (C=O) groups is 1. The van der Waals surface area contributed by atoms with Crippen molar-refractivity contribution in [2.24, 2.45) is 17.6 Å². The molecule has 4 N–H and O–H groups in total. The molecule has 1 amide bonds. The second kappa shape index (κ2) is 9.62. The maximum Gasteiger partial charge on any atom is 0.271 e. The lowest BCUT2D eigenvalue weighted by molar-refractivity contribution is -0.113. The number of hydrogen-bond acceptors (Lipinski definition) is 5. The van der Waals surface area contributed by atoms with Gasteiger partial charge in [-0.1, -0.05) is 38.5 Å². The third-order valence-corrected chi connectivity index (χ3v) is 6.91. The van der Waals surface area contributed by atoms with Crippen molar-refractivity contribution < 1.29 is 4.79 Å². The van der Waals surface area contributed by atoms with Gasteiger partial charge in [0, 0.05) is 5.69 Å². The largest absolute Gasteiger partial charge is 0.394 e. The molecule has 0 radical (unpaired) electrons. The summed E-state index contributed by atoms with van der Waals surface area (Å²) in [5.41, 5.74) is 11.4. The van der Waals surface area contributed by atoms with Crippen molar-refractivity contribution in [2.45, 2.75) is 78.1 Å². The molecule has 2 aliphatic rings. The SMILES string of the molecule is Cc1n[nH]c(C)c1-c1ncc(NC(=O)C(N)=C(C2CCCCC2)C2CCCCC2)cn1. The molecule has 0 aromatic carbocycles. The molecule has 2 aliphatic carbocycles. The summed E-state index contributed by atoms with van der Waals surface area (Å²) < 4.78 is 0. The van der Waals surface area contributed by atoms with Gasteiger partial charge in [0.1, 0.15) is 0 Å². The van der Waals surface area contributed by atoms with Gasteiger partial charge in [0.25, 0.3) is 5.91 Å². The standard InChI is InChI=1S/C24H34N6O/c1-15-20(16(2)30-29-15)23-26-13-19(14-27-23)28-24(31)22(25)21(17-9-5-3-6-10-17)18-11-7-4-8-12-18/h13-14,17-18H,3-12,25H2,1-2H3,(H,28,31)(H,29,30). The van der Waals surface area contributed by atoms with Crippen molar-refractivity contribution in [1.82, 2.24) is 20.2 Å². The van der Waals surface area contributed by atoms with E-state index in [9.17, 15) is 4.79 Å². The number of anilines is 1. The van der Waals surface area contributed by atoms with Crippen LogP contribution in [0.3, 0.4) is 0 Å². The minimum atomic E-state index is -0.224. The van der Waals surface area contributed by atoms with Gasteiger partial charge in [-0.2, -0.15) is 5.10 Å². The molecule has 2 saturated carbocycles. The predicted molar refractivity (Wildman–Crippen MR) is 122 cm³/mol. The smallest absolute Gasteiger partial charge is 0.271 e. The van der Waals surface area contributed by atoms with Crippen molar-refractivity contribution in [3.63, 3.8) is 0 Å². The Balaban J connectivity index is 1.54. The highest BCUT2D eigenvalue weighted by Crippen LogP contribution is 2.40. The number of H-pyrrole nitrogens is 1. The molecule has 4 rings (SSSR count). The van der Waals surface area contributed by atoms with Gasteiger partial charge in [0.05, 0.1) is 35.0 Å². The van der Waals surface area contributed by atoms with Crippen molar-refractivity contribution in [2.75, 3.05) is 5.32 Å². The van der Waals surface area contributed by atoms with E-state index in [-0.39, 0.29) is 5.91 Å². The zero-order valence-corrected chi connectivity index (χ0v) is 18.7. The van der Waals surface area contributed by atoms with E-state index in [0.717, 1.165) is 42.6 Å². The molecule has 7 nitrogen and oxygen atoms in total. The number of hydrogen-bond donors (Lipinski definition) is 3. The molecule has 0 atom stereocenters. The number of nitrogens with two attached hydrogens (primary N) is 1. The van der Waals surface area contributed by atoms with Crippen molar-refractivity contribution in [3.05, 3.63) is 35.1 Å². The third kappa shape index (κ3) is 4.81. The Bertz CT molecular complexity index is 894. The summed E-state index contributed by atoms with van der Waals surface area (Å²) >= 11 is 0. The van der Waals surface area contributed by atoms with Gasteiger partial charge < -0.3 is 11.1 Å². The number of carbonyl (C=O) groups excluding carboxylic acids is 1. The van der Waals surface area contributed by atoms with E-state index in [1.54, 1.807) is 12.4 Å². The molecule has 0 bridgehead atoms. The number of allylic oxidation sites excluding steroid dienone is 1. The molecule has 2 aromatic rings. The predicted octanol–water partition coefficient (Wildman–Crippen LogP) is 4.80. The van der Waals surface area contributed by atoms with Crippen LogP contribution in [0, 0.1) is 25.7 Å². The second-order valence-corrected chi connectivity index (χ2v) is 9.10. The number of nitrogens with one attached hydrogen (secondary N) is 2. The molecular formula is C24H34N6O. The summed E-state index contributed by atoms with van der Waals surface area (Å²) in [6.45, 7) is 3.86. The van der Waals surface area contributed by atoms with Gasteiger partial charge >= 0.3 is 0 Å². The molecule has 0 spiro atoms. The highest BCUT2D eigenvalue weighted by atomic mass is 16.2. The summed E-state index contributed by atoms with van der Waals surface area (Å²) in [6.07, 6.45) is 15.4. The van der Waals surface area contributed by atoms with Gasteiger partial charge in [-0.15, -0.1) is 0 Å². The first-order valence-electron chi connectivity index (χ1n) is 11.7. The Kier molecular flexibility index (Phi) is 6.68. The Morgan fingerprint density at radius 1 is 0.968 bits per heavy atom. The molecule has 0 saturated heterocycles. The van der Waals surface area contributed by atoms with E-state index in [1.165, 1.54) is 44.1 Å². The second-order valence-electron chi connectivity index (χ2n) is 9.10. The fourth-order valence-electron chi connectivity index (χ4n) is 5.33. The topological polar surface area (TPSA) is 110 Å². The lowest BCUT2D eigenvalue weighted by Gasteiger charge is -2.33. The van der Waals surface area contributed by atoms with E-state index >= 15 is 0 Å². The first-order chi connectivity index (χ1) is 15.0. The summed E-state index contributed by atoms with van der Waals surface area (Å²) in [7, 11) is 0. The Hall–Kier alpha value is -2.70. The number of aromatic amines is 1. The first kappa shape index (κ1) is 21.5. The lowest BCUT2D eigenvalue weighted by Crippen LogP contribution is -2.29. The van der Waals surface area contributed by atoms with Gasteiger partial charge in [-0.05, 0) is 56.9 Å². The highest BCUT2D eigenvalue weighted by molar-refractivity contribution is 6.03. The van der Waals surface area contributed by atoms with E-state index in [2.05, 4.69) is 25.5 Å². The summed E-state index contributed by atoms with van der Waals surface area (Å²) in [5, 5.41) is 10.1. The molecule has 0 aliphatic heterocycles. The number of nitrogens with zero attached hydrogens (tertiary/aromatic N) is 3. The van der Waals surface area contributed by atoms with Crippen molar-refractivity contribution >= 4 is 11.6 Å². The normalized spacial score (nSPS) is 18.0. The maximum absolute atomic E-state index is 13.1. The van der Waals surface area contributed by atoms with Crippen LogP contribution in [0.15, 0.2) is 23.7 Å². The average molecular weight is 423 g/mol. The summed E-state index contributed by atoms with van der Waals surface area (Å²) in [5.74, 6) is 1.27. The summed E-state index contributed by atoms with van der Waals surface area (Å²) in [6, 6.07) is 0. The van der Waals surface area contributed by atoms with E-state index < -0.39 is 0 Å². The monoisotopic (exact) mass is 422 g/mol. The molecule has 0 unspecified atom stereocenters. The Labute approximate surface area is 184 Å². The summed E-state index contributed by atoms with van der Waals surface area (Å²) in [4.78, 5) is 22.0. The zero-order chi connectivity index (χ0) is 21.8. The fourth-order valence-corrected chi connectivity index (χ4v) is 5.33. The highest BCUT2D eigenvalue weighted by Gasteiger charge is 2.30. The van der Waals surface area contributed by atoms with Gasteiger partial charge in [-0.25, -0.2) is 9.97 Å². The van der Waals surface area contributed by atoms with Crippen LogP contribution >= 0.6 is 0 Å². The van der Waals surface area contributed by atoms with Gasteiger partial charge in [0.2, 0.25) is 0 Å². The molecule has 7 heteroatoms. The molecule has 31 heavy (non-hydrogen) atoms. The first-order valence-corrected chi connectivity index (χ1v) is 11.7. The van der Waals surface area contributed by atoms with Gasteiger partial charge in [-0.3, -0.25) is 9.89 Å². The molecule has 2 heterocycles. The Morgan fingerprint density at radius 3 is 2.00 bits per heavy atom. The quantitative estimate of drug-likeness (QED) is 0.600. The Morgan fingerprint density at radius 2 is 1.52 bits per heavy atom. The number of aryl methyl sites for hydroxylation is 2. The minimum absolute atomic E-state index is 0.224. The number of aromatic nitrogens is 4. The van der Waals surface area contributed by atoms with Crippen molar-refractivity contribution in [1.29, 1.82) is 0 Å². The number of rotatable bonds is 5. The van der Waals surface area contributed by atoms with Gasteiger partial charge in [0.15, 0.2) is 5.82 Å². The van der Waals surface area contributed by atoms with E-state index in [4.69, 9.17) is 5.73 Å².